The molecule has 0 aliphatic carbocycles. The van der Waals surface area contributed by atoms with Crippen molar-refractivity contribution in [2.45, 2.75) is 0 Å². The summed E-state index contributed by atoms with van der Waals surface area (Å²) in [5.41, 5.74) is 7.15. The molecule has 3 N–H and O–H groups in total. The van der Waals surface area contributed by atoms with Gasteiger partial charge in [0.1, 0.15) is 5.75 Å². The highest BCUT2D eigenvalue weighted by atomic mass is 79.9. The summed E-state index contributed by atoms with van der Waals surface area (Å²) in [5, 5.41) is 9.16. The van der Waals surface area contributed by atoms with E-state index in [1.165, 1.54) is 12.1 Å². The van der Waals surface area contributed by atoms with Gasteiger partial charge in [0, 0.05) is 21.3 Å². The maximum Gasteiger partial charge on any atom is 0.195 e. The smallest absolute Gasteiger partial charge is 0.195 e. The van der Waals surface area contributed by atoms with Crippen molar-refractivity contribution >= 4 is 27.4 Å². The van der Waals surface area contributed by atoms with Gasteiger partial charge in [0.05, 0.1) is 0 Å². The molecule has 0 aliphatic heterocycles. The molecular weight excluding hydrogens is 282 g/mol. The molecular formula is C13H10BrNO2. The second kappa shape index (κ2) is 4.59. The van der Waals surface area contributed by atoms with Crippen LogP contribution in [-0.2, 0) is 0 Å². The molecule has 0 bridgehead atoms. The lowest BCUT2D eigenvalue weighted by Gasteiger charge is -2.05. The molecule has 86 valence electrons. The summed E-state index contributed by atoms with van der Waals surface area (Å²) < 4.78 is 0.800. The van der Waals surface area contributed by atoms with Gasteiger partial charge in [0.15, 0.2) is 5.78 Å². The second-order valence-electron chi connectivity index (χ2n) is 3.61. The zero-order chi connectivity index (χ0) is 12.4. The van der Waals surface area contributed by atoms with E-state index in [9.17, 15) is 4.79 Å². The molecule has 3 nitrogen and oxygen atoms in total. The largest absolute Gasteiger partial charge is 0.508 e. The molecule has 2 aromatic carbocycles. The van der Waals surface area contributed by atoms with Crippen LogP contribution in [0.5, 0.6) is 5.75 Å². The third-order valence-electron chi connectivity index (χ3n) is 2.39. The van der Waals surface area contributed by atoms with Crippen molar-refractivity contribution in [1.82, 2.24) is 0 Å². The van der Waals surface area contributed by atoms with Crippen LogP contribution in [-0.4, -0.2) is 10.9 Å². The summed E-state index contributed by atoms with van der Waals surface area (Å²) in [6.45, 7) is 0. The Hall–Kier alpha value is -1.81. The Bertz CT molecular complexity index is 564. The topological polar surface area (TPSA) is 63.3 Å². The zero-order valence-electron chi connectivity index (χ0n) is 8.85. The van der Waals surface area contributed by atoms with Crippen LogP contribution in [0.1, 0.15) is 15.9 Å². The van der Waals surface area contributed by atoms with E-state index >= 15 is 0 Å². The summed E-state index contributed by atoms with van der Waals surface area (Å²) in [6, 6.07) is 11.2. The highest BCUT2D eigenvalue weighted by Gasteiger charge is 2.12. The Morgan fingerprint density at radius 3 is 2.41 bits per heavy atom. The van der Waals surface area contributed by atoms with Crippen LogP contribution in [0.4, 0.5) is 5.69 Å². The molecule has 4 heteroatoms. The lowest BCUT2D eigenvalue weighted by atomic mass is 10.0. The molecule has 0 spiro atoms. The van der Waals surface area contributed by atoms with Crippen LogP contribution < -0.4 is 5.73 Å². The summed E-state index contributed by atoms with van der Waals surface area (Å²) in [5.74, 6) is -0.0347. The molecule has 0 aliphatic rings. The number of hydrogen-bond donors (Lipinski definition) is 2. The average Bonchev–Trinajstić information content (AvgIpc) is 2.32. The van der Waals surface area contributed by atoms with E-state index in [1.54, 1.807) is 30.3 Å². The average molecular weight is 292 g/mol. The number of nitrogen functional groups attached to an aromatic ring is 1. The van der Waals surface area contributed by atoms with E-state index in [0.29, 0.717) is 16.8 Å². The van der Waals surface area contributed by atoms with Crippen molar-refractivity contribution in [3.05, 3.63) is 58.1 Å². The molecule has 0 unspecified atom stereocenters. The van der Waals surface area contributed by atoms with Gasteiger partial charge < -0.3 is 10.8 Å². The number of anilines is 1. The Morgan fingerprint density at radius 1 is 1.12 bits per heavy atom. The molecule has 0 saturated heterocycles. The molecule has 0 aromatic heterocycles. The lowest BCUT2D eigenvalue weighted by molar-refractivity contribution is 0.103. The van der Waals surface area contributed by atoms with E-state index in [2.05, 4.69) is 15.9 Å². The number of aromatic hydroxyl groups is 1. The van der Waals surface area contributed by atoms with Crippen LogP contribution >= 0.6 is 15.9 Å². The third kappa shape index (κ3) is 2.47. The molecule has 0 fully saturated rings. The normalized spacial score (nSPS) is 10.2. The van der Waals surface area contributed by atoms with Crippen LogP contribution in [0.3, 0.4) is 0 Å². The van der Waals surface area contributed by atoms with Crippen LogP contribution in [0.25, 0.3) is 0 Å². The van der Waals surface area contributed by atoms with Gasteiger partial charge >= 0.3 is 0 Å². The van der Waals surface area contributed by atoms with Gasteiger partial charge in [-0.15, -0.1) is 0 Å². The number of phenolic OH excluding ortho intramolecular Hbond substituents is 1. The molecule has 2 rings (SSSR count). The maximum atomic E-state index is 12.1. The predicted octanol–water partition coefficient (Wildman–Crippen LogP) is 2.97. The Labute approximate surface area is 107 Å². The van der Waals surface area contributed by atoms with E-state index in [-0.39, 0.29) is 11.5 Å². The standard InChI is InChI=1S/C13H10BrNO2/c14-9-3-6-12(15)11(7-9)13(17)8-1-4-10(16)5-2-8/h1-7,16H,15H2. The number of carbonyl (C=O) groups excluding carboxylic acids is 1. The predicted molar refractivity (Wildman–Crippen MR) is 70.1 cm³/mol. The first-order valence-corrected chi connectivity index (χ1v) is 5.76. The van der Waals surface area contributed by atoms with Gasteiger partial charge in [-0.3, -0.25) is 4.79 Å². The minimum absolute atomic E-state index is 0.128. The number of ketones is 1. The van der Waals surface area contributed by atoms with E-state index < -0.39 is 0 Å². The van der Waals surface area contributed by atoms with Gasteiger partial charge in [-0.2, -0.15) is 0 Å². The molecule has 0 amide bonds. The first-order chi connectivity index (χ1) is 8.08. The fourth-order valence-corrected chi connectivity index (χ4v) is 1.85. The molecule has 0 atom stereocenters. The third-order valence-corrected chi connectivity index (χ3v) is 2.88. The number of benzene rings is 2. The summed E-state index contributed by atoms with van der Waals surface area (Å²) in [7, 11) is 0. The van der Waals surface area contributed by atoms with Crippen molar-refractivity contribution < 1.29 is 9.90 Å². The highest BCUT2D eigenvalue weighted by molar-refractivity contribution is 9.10. The molecule has 17 heavy (non-hydrogen) atoms. The van der Waals surface area contributed by atoms with Gasteiger partial charge in [-0.25, -0.2) is 0 Å². The summed E-state index contributed by atoms with van der Waals surface area (Å²) in [4.78, 5) is 12.1. The van der Waals surface area contributed by atoms with Crippen molar-refractivity contribution in [2.75, 3.05) is 5.73 Å². The first-order valence-electron chi connectivity index (χ1n) is 4.96. The molecule has 0 radical (unpaired) electrons. The summed E-state index contributed by atoms with van der Waals surface area (Å²) in [6.07, 6.45) is 0. The van der Waals surface area contributed by atoms with Gasteiger partial charge in [-0.05, 0) is 42.5 Å². The van der Waals surface area contributed by atoms with Crippen molar-refractivity contribution in [3.63, 3.8) is 0 Å². The Morgan fingerprint density at radius 2 is 1.76 bits per heavy atom. The molecule has 0 saturated carbocycles. The van der Waals surface area contributed by atoms with E-state index in [0.717, 1.165) is 4.47 Å². The first kappa shape index (κ1) is 11.7. The Balaban J connectivity index is 2.43. The fraction of sp³-hybridized carbons (Fsp3) is 0. The second-order valence-corrected chi connectivity index (χ2v) is 4.52. The van der Waals surface area contributed by atoms with E-state index in [1.807, 2.05) is 0 Å². The quantitative estimate of drug-likeness (QED) is 0.660. The molecule has 0 heterocycles. The highest BCUT2D eigenvalue weighted by Crippen LogP contribution is 2.22. The van der Waals surface area contributed by atoms with E-state index in [4.69, 9.17) is 10.8 Å². The van der Waals surface area contributed by atoms with Crippen molar-refractivity contribution in [3.8, 4) is 5.75 Å². The fourth-order valence-electron chi connectivity index (χ4n) is 1.49. The SMILES string of the molecule is Nc1ccc(Br)cc1C(=O)c1ccc(O)cc1. The minimum atomic E-state index is -0.163. The summed E-state index contributed by atoms with van der Waals surface area (Å²) >= 11 is 3.30. The minimum Gasteiger partial charge on any atom is -0.508 e. The number of nitrogens with two attached hydrogens (primary N) is 1. The maximum absolute atomic E-state index is 12.1. The number of hydrogen-bond acceptors (Lipinski definition) is 3. The van der Waals surface area contributed by atoms with Gasteiger partial charge in [0.25, 0.3) is 0 Å². The van der Waals surface area contributed by atoms with Crippen LogP contribution in [0.2, 0.25) is 0 Å². The van der Waals surface area contributed by atoms with Crippen LogP contribution in [0.15, 0.2) is 46.9 Å². The molecule has 2 aromatic rings. The van der Waals surface area contributed by atoms with Gasteiger partial charge in [0.2, 0.25) is 0 Å². The number of phenols is 1. The number of halogens is 1. The monoisotopic (exact) mass is 291 g/mol. The van der Waals surface area contributed by atoms with Crippen molar-refractivity contribution in [1.29, 1.82) is 0 Å². The number of carbonyl (C=O) groups is 1. The zero-order valence-corrected chi connectivity index (χ0v) is 10.4. The lowest BCUT2D eigenvalue weighted by Crippen LogP contribution is -2.05. The van der Waals surface area contributed by atoms with Crippen molar-refractivity contribution in [2.24, 2.45) is 0 Å². The van der Waals surface area contributed by atoms with Gasteiger partial charge in [-0.1, -0.05) is 15.9 Å². The van der Waals surface area contributed by atoms with Crippen LogP contribution in [0, 0.1) is 0 Å². The number of rotatable bonds is 2. The Kier molecular flexibility index (Phi) is 3.15.